The zero-order chi connectivity index (χ0) is 12.3. The van der Waals surface area contributed by atoms with Crippen molar-refractivity contribution in [2.45, 2.75) is 18.9 Å². The van der Waals surface area contributed by atoms with Crippen LogP contribution in [0.15, 0.2) is 30.3 Å². The summed E-state index contributed by atoms with van der Waals surface area (Å²) in [5.41, 5.74) is 0.891. The molecular formula is C13H14ClNO2. The van der Waals surface area contributed by atoms with Gasteiger partial charge in [-0.05, 0) is 17.2 Å². The molecule has 0 N–H and O–H groups in total. The highest BCUT2D eigenvalue weighted by Gasteiger charge is 2.29. The third-order valence-corrected chi connectivity index (χ3v) is 3.26. The van der Waals surface area contributed by atoms with E-state index in [1.807, 2.05) is 35.2 Å². The van der Waals surface area contributed by atoms with Crippen LogP contribution in [0.5, 0.6) is 0 Å². The van der Waals surface area contributed by atoms with Crippen molar-refractivity contribution in [1.29, 1.82) is 0 Å². The summed E-state index contributed by atoms with van der Waals surface area (Å²) in [7, 11) is 0. The van der Waals surface area contributed by atoms with Gasteiger partial charge < -0.3 is 0 Å². The first-order valence-corrected chi connectivity index (χ1v) is 6.06. The second-order valence-electron chi connectivity index (χ2n) is 4.19. The first-order valence-electron chi connectivity index (χ1n) is 5.68. The molecule has 0 amide bonds. The molecular weight excluding hydrogens is 238 g/mol. The summed E-state index contributed by atoms with van der Waals surface area (Å²) >= 11 is 5.68. The van der Waals surface area contributed by atoms with Crippen LogP contribution in [0.2, 0.25) is 0 Å². The molecule has 0 spiro atoms. The minimum absolute atomic E-state index is 0.259. The summed E-state index contributed by atoms with van der Waals surface area (Å²) in [5, 5.41) is -0.384. The number of likely N-dealkylation sites (tertiary alicyclic amines) is 1. The van der Waals surface area contributed by atoms with Gasteiger partial charge in [-0.1, -0.05) is 30.3 Å². The number of benzene rings is 1. The maximum atomic E-state index is 11.6. The Morgan fingerprint density at radius 1 is 1.18 bits per heavy atom. The molecule has 0 aromatic heterocycles. The van der Waals surface area contributed by atoms with Gasteiger partial charge in [0.2, 0.25) is 5.24 Å². The fourth-order valence-electron chi connectivity index (χ4n) is 2.15. The lowest BCUT2D eigenvalue weighted by molar-refractivity contribution is -0.125. The molecule has 0 radical (unpaired) electrons. The van der Waals surface area contributed by atoms with E-state index < -0.39 is 6.04 Å². The minimum Gasteiger partial charge on any atom is -0.300 e. The maximum Gasteiger partial charge on any atom is 0.243 e. The number of halogens is 1. The van der Waals surface area contributed by atoms with Crippen LogP contribution in [0.4, 0.5) is 0 Å². The number of piperidine rings is 1. The summed E-state index contributed by atoms with van der Waals surface area (Å²) in [4.78, 5) is 24.7. The Morgan fingerprint density at radius 3 is 2.29 bits per heavy atom. The van der Waals surface area contributed by atoms with E-state index in [0.29, 0.717) is 25.9 Å². The van der Waals surface area contributed by atoms with E-state index in [2.05, 4.69) is 0 Å². The summed E-state index contributed by atoms with van der Waals surface area (Å²) in [6, 6.07) is 9.03. The first kappa shape index (κ1) is 12.3. The Labute approximate surface area is 105 Å². The number of ketones is 1. The van der Waals surface area contributed by atoms with Crippen molar-refractivity contribution in [3.05, 3.63) is 35.9 Å². The molecule has 17 heavy (non-hydrogen) atoms. The van der Waals surface area contributed by atoms with Gasteiger partial charge in [-0.3, -0.25) is 14.5 Å². The van der Waals surface area contributed by atoms with Gasteiger partial charge in [-0.15, -0.1) is 0 Å². The lowest BCUT2D eigenvalue weighted by atomic mass is 10.0. The molecule has 1 saturated heterocycles. The average molecular weight is 252 g/mol. The Balaban J connectivity index is 2.18. The molecule has 2 rings (SSSR count). The zero-order valence-corrected chi connectivity index (χ0v) is 10.2. The lowest BCUT2D eigenvalue weighted by Crippen LogP contribution is -2.39. The fourth-order valence-corrected chi connectivity index (χ4v) is 2.42. The van der Waals surface area contributed by atoms with Crippen LogP contribution in [0.25, 0.3) is 0 Å². The molecule has 0 saturated carbocycles. The smallest absolute Gasteiger partial charge is 0.243 e. The highest BCUT2D eigenvalue weighted by Crippen LogP contribution is 2.25. The normalized spacial score (nSPS) is 19.0. The van der Waals surface area contributed by atoms with Crippen LogP contribution < -0.4 is 0 Å². The number of carbonyl (C=O) groups excluding carboxylic acids is 2. The van der Waals surface area contributed by atoms with Gasteiger partial charge in [-0.2, -0.15) is 0 Å². The molecule has 0 aliphatic carbocycles. The van der Waals surface area contributed by atoms with Gasteiger partial charge >= 0.3 is 0 Å². The Kier molecular flexibility index (Phi) is 3.92. The largest absolute Gasteiger partial charge is 0.300 e. The monoisotopic (exact) mass is 251 g/mol. The molecule has 1 heterocycles. The molecule has 3 nitrogen and oxygen atoms in total. The van der Waals surface area contributed by atoms with Crippen LogP contribution in [0.3, 0.4) is 0 Å². The van der Waals surface area contributed by atoms with Crippen molar-refractivity contribution in [1.82, 2.24) is 4.90 Å². The van der Waals surface area contributed by atoms with Crippen molar-refractivity contribution < 1.29 is 9.59 Å². The second kappa shape index (κ2) is 5.43. The van der Waals surface area contributed by atoms with E-state index in [9.17, 15) is 9.59 Å². The van der Waals surface area contributed by atoms with Crippen molar-refractivity contribution in [2.75, 3.05) is 13.1 Å². The molecule has 1 fully saturated rings. The van der Waals surface area contributed by atoms with E-state index in [4.69, 9.17) is 11.6 Å². The highest BCUT2D eigenvalue weighted by atomic mass is 35.5. The predicted molar refractivity (Wildman–Crippen MR) is 65.9 cm³/mol. The van der Waals surface area contributed by atoms with Crippen LogP contribution in [0, 0.1) is 0 Å². The molecule has 1 atom stereocenters. The third-order valence-electron chi connectivity index (χ3n) is 3.05. The summed E-state index contributed by atoms with van der Waals surface area (Å²) in [5.74, 6) is 0.259. The van der Waals surface area contributed by atoms with Crippen molar-refractivity contribution in [3.63, 3.8) is 0 Å². The number of carbonyl (C=O) groups is 2. The van der Waals surface area contributed by atoms with Gasteiger partial charge in [0.15, 0.2) is 0 Å². The first-order chi connectivity index (χ1) is 8.18. The number of hydrogen-bond acceptors (Lipinski definition) is 3. The third kappa shape index (κ3) is 2.93. The van der Waals surface area contributed by atoms with Crippen molar-refractivity contribution in [3.8, 4) is 0 Å². The summed E-state index contributed by atoms with van der Waals surface area (Å²) < 4.78 is 0. The van der Waals surface area contributed by atoms with E-state index in [1.165, 1.54) is 0 Å². The average Bonchev–Trinajstić information content (AvgIpc) is 2.33. The van der Waals surface area contributed by atoms with Crippen molar-refractivity contribution in [2.24, 2.45) is 0 Å². The molecule has 90 valence electrons. The van der Waals surface area contributed by atoms with Crippen LogP contribution in [0.1, 0.15) is 24.4 Å². The fraction of sp³-hybridized carbons (Fsp3) is 0.385. The Morgan fingerprint density at radius 2 is 1.76 bits per heavy atom. The van der Waals surface area contributed by atoms with Crippen molar-refractivity contribution >= 4 is 22.6 Å². The van der Waals surface area contributed by atoms with Gasteiger partial charge in [-0.25, -0.2) is 0 Å². The number of nitrogens with zero attached hydrogens (tertiary/aromatic N) is 1. The molecule has 1 aromatic carbocycles. The van der Waals surface area contributed by atoms with E-state index in [1.54, 1.807) is 0 Å². The number of hydrogen-bond donors (Lipinski definition) is 0. The Hall–Kier alpha value is -1.19. The van der Waals surface area contributed by atoms with Gasteiger partial charge in [0.05, 0.1) is 0 Å². The van der Waals surface area contributed by atoms with Crippen LogP contribution in [-0.2, 0) is 9.59 Å². The predicted octanol–water partition coefficient (Wildman–Crippen LogP) is 2.16. The van der Waals surface area contributed by atoms with E-state index in [-0.39, 0.29) is 11.0 Å². The van der Waals surface area contributed by atoms with Gasteiger partial charge in [0, 0.05) is 25.9 Å². The molecule has 1 unspecified atom stereocenters. The molecule has 1 aliphatic heterocycles. The van der Waals surface area contributed by atoms with Gasteiger partial charge in [0.1, 0.15) is 11.8 Å². The molecule has 1 aliphatic rings. The molecule has 1 aromatic rings. The van der Waals surface area contributed by atoms with Crippen LogP contribution >= 0.6 is 11.6 Å². The summed E-state index contributed by atoms with van der Waals surface area (Å²) in [6.45, 7) is 1.22. The topological polar surface area (TPSA) is 37.4 Å². The maximum absolute atomic E-state index is 11.6. The standard InChI is InChI=1S/C13H14ClNO2/c14-13(17)12(10-4-2-1-3-5-10)15-8-6-11(16)7-9-15/h1-5,12H,6-9H2. The lowest BCUT2D eigenvalue weighted by Gasteiger charge is -2.31. The quantitative estimate of drug-likeness (QED) is 0.773. The second-order valence-corrected chi connectivity index (χ2v) is 4.56. The highest BCUT2D eigenvalue weighted by molar-refractivity contribution is 6.64. The number of Topliss-reactive ketones (excluding diaryl/α,β-unsaturated/α-hetero) is 1. The Bertz CT molecular complexity index is 409. The molecule has 4 heteroatoms. The zero-order valence-electron chi connectivity index (χ0n) is 9.43. The van der Waals surface area contributed by atoms with E-state index >= 15 is 0 Å². The summed E-state index contributed by atoms with van der Waals surface area (Å²) in [6.07, 6.45) is 1.01. The minimum atomic E-state index is -0.425. The van der Waals surface area contributed by atoms with Gasteiger partial charge in [0.25, 0.3) is 0 Å². The van der Waals surface area contributed by atoms with E-state index in [0.717, 1.165) is 5.56 Å². The number of rotatable bonds is 3. The van der Waals surface area contributed by atoms with Crippen LogP contribution in [-0.4, -0.2) is 29.0 Å². The molecule has 0 bridgehead atoms. The SMILES string of the molecule is O=C1CCN(C(C(=O)Cl)c2ccccc2)CC1.